The predicted octanol–water partition coefficient (Wildman–Crippen LogP) is 2.85. The third-order valence-electron chi connectivity index (χ3n) is 3.43. The van der Waals surface area contributed by atoms with Gasteiger partial charge in [-0.3, -0.25) is 4.79 Å². The lowest BCUT2D eigenvalue weighted by atomic mass is 9.83. The molecule has 0 unspecified atom stereocenters. The summed E-state index contributed by atoms with van der Waals surface area (Å²) in [7, 11) is 0. The SMILES string of the molecule is CCOC(=O)NCCNC(=O)C(C)(C)c1cccc(C(F)(F)F)c1. The van der Waals surface area contributed by atoms with E-state index < -0.39 is 29.2 Å². The van der Waals surface area contributed by atoms with Crippen LogP contribution in [0.3, 0.4) is 0 Å². The third-order valence-corrected chi connectivity index (χ3v) is 3.43. The highest BCUT2D eigenvalue weighted by Crippen LogP contribution is 2.32. The first-order valence-electron chi connectivity index (χ1n) is 7.45. The molecule has 1 rings (SSSR count). The first-order valence-corrected chi connectivity index (χ1v) is 7.45. The fourth-order valence-corrected chi connectivity index (χ4v) is 1.96. The van der Waals surface area contributed by atoms with Crippen molar-refractivity contribution in [1.82, 2.24) is 10.6 Å². The standard InChI is InChI=1S/C16H21F3N2O3/c1-4-24-14(23)21-9-8-20-13(22)15(2,3)11-6-5-7-12(10-11)16(17,18)19/h5-7,10H,4,8-9H2,1-3H3,(H,20,22)(H,21,23). The van der Waals surface area contributed by atoms with Gasteiger partial charge in [0.05, 0.1) is 17.6 Å². The Morgan fingerprint density at radius 3 is 2.25 bits per heavy atom. The second-order valence-corrected chi connectivity index (χ2v) is 5.61. The Labute approximate surface area is 138 Å². The molecule has 0 heterocycles. The summed E-state index contributed by atoms with van der Waals surface area (Å²) in [6, 6.07) is 4.68. The zero-order valence-corrected chi connectivity index (χ0v) is 13.8. The van der Waals surface area contributed by atoms with Gasteiger partial charge in [-0.2, -0.15) is 13.2 Å². The van der Waals surface area contributed by atoms with E-state index in [0.29, 0.717) is 0 Å². The van der Waals surface area contributed by atoms with E-state index in [-0.39, 0.29) is 25.3 Å². The summed E-state index contributed by atoms with van der Waals surface area (Å²) in [5.41, 5.74) is -1.69. The van der Waals surface area contributed by atoms with Crippen molar-refractivity contribution in [3.05, 3.63) is 35.4 Å². The number of carbonyl (C=O) groups excluding carboxylic acids is 2. The predicted molar refractivity (Wildman–Crippen MR) is 82.5 cm³/mol. The zero-order valence-electron chi connectivity index (χ0n) is 13.8. The summed E-state index contributed by atoms with van der Waals surface area (Å²) in [6.07, 6.45) is -5.06. The van der Waals surface area contributed by atoms with Crippen molar-refractivity contribution in [2.45, 2.75) is 32.4 Å². The second-order valence-electron chi connectivity index (χ2n) is 5.61. The number of hydrogen-bond donors (Lipinski definition) is 2. The number of ether oxygens (including phenoxy) is 1. The Hall–Kier alpha value is -2.25. The number of amides is 2. The summed E-state index contributed by atoms with van der Waals surface area (Å²) >= 11 is 0. The lowest BCUT2D eigenvalue weighted by Crippen LogP contribution is -2.43. The molecule has 0 spiro atoms. The number of alkyl halides is 3. The maximum absolute atomic E-state index is 12.8. The molecule has 134 valence electrons. The zero-order chi connectivity index (χ0) is 18.4. The lowest BCUT2D eigenvalue weighted by Gasteiger charge is -2.25. The molecule has 2 N–H and O–H groups in total. The monoisotopic (exact) mass is 346 g/mol. The summed E-state index contributed by atoms with van der Waals surface area (Å²) in [4.78, 5) is 23.3. The van der Waals surface area contributed by atoms with Crippen molar-refractivity contribution in [2.75, 3.05) is 19.7 Å². The van der Waals surface area contributed by atoms with Crippen molar-refractivity contribution in [2.24, 2.45) is 0 Å². The molecule has 0 radical (unpaired) electrons. The van der Waals surface area contributed by atoms with Crippen molar-refractivity contribution in [3.63, 3.8) is 0 Å². The molecule has 0 bridgehead atoms. The highest BCUT2D eigenvalue weighted by Gasteiger charge is 2.34. The number of alkyl carbamates (subject to hydrolysis) is 1. The molecule has 0 aliphatic carbocycles. The Kier molecular flexibility index (Phi) is 6.62. The van der Waals surface area contributed by atoms with Gasteiger partial charge in [0, 0.05) is 13.1 Å². The average Bonchev–Trinajstić information content (AvgIpc) is 2.51. The largest absolute Gasteiger partial charge is 0.450 e. The normalized spacial score (nSPS) is 11.8. The number of benzene rings is 1. The molecule has 0 aliphatic heterocycles. The number of rotatable bonds is 6. The van der Waals surface area contributed by atoms with E-state index in [1.165, 1.54) is 26.0 Å². The lowest BCUT2D eigenvalue weighted by molar-refractivity contribution is -0.137. The number of hydrogen-bond acceptors (Lipinski definition) is 3. The van der Waals surface area contributed by atoms with Gasteiger partial charge in [-0.15, -0.1) is 0 Å². The molecule has 0 aliphatic rings. The molecule has 1 aromatic carbocycles. The van der Waals surface area contributed by atoms with E-state index in [4.69, 9.17) is 0 Å². The fourth-order valence-electron chi connectivity index (χ4n) is 1.96. The van der Waals surface area contributed by atoms with Gasteiger partial charge in [-0.25, -0.2) is 4.79 Å². The molecule has 0 atom stereocenters. The van der Waals surface area contributed by atoms with Crippen LogP contribution in [0.4, 0.5) is 18.0 Å². The van der Waals surface area contributed by atoms with Crippen LogP contribution >= 0.6 is 0 Å². The van der Waals surface area contributed by atoms with Crippen LogP contribution in [-0.2, 0) is 21.1 Å². The van der Waals surface area contributed by atoms with Crippen LogP contribution in [0.2, 0.25) is 0 Å². The smallest absolute Gasteiger partial charge is 0.416 e. The quantitative estimate of drug-likeness (QED) is 0.779. The minimum atomic E-state index is -4.47. The van der Waals surface area contributed by atoms with Crippen molar-refractivity contribution in [1.29, 1.82) is 0 Å². The van der Waals surface area contributed by atoms with Gasteiger partial charge in [0.15, 0.2) is 0 Å². The molecule has 0 saturated carbocycles. The minimum absolute atomic E-state index is 0.139. The van der Waals surface area contributed by atoms with E-state index in [1.807, 2.05) is 0 Å². The van der Waals surface area contributed by atoms with Gasteiger partial charge in [0.25, 0.3) is 0 Å². The van der Waals surface area contributed by atoms with E-state index in [2.05, 4.69) is 15.4 Å². The number of carbonyl (C=O) groups is 2. The van der Waals surface area contributed by atoms with Gasteiger partial charge < -0.3 is 15.4 Å². The Morgan fingerprint density at radius 1 is 1.08 bits per heavy atom. The van der Waals surface area contributed by atoms with E-state index in [1.54, 1.807) is 6.92 Å². The molecule has 0 fully saturated rings. The van der Waals surface area contributed by atoms with E-state index in [9.17, 15) is 22.8 Å². The van der Waals surface area contributed by atoms with E-state index >= 15 is 0 Å². The van der Waals surface area contributed by atoms with Crippen LogP contribution < -0.4 is 10.6 Å². The molecular formula is C16H21F3N2O3. The van der Waals surface area contributed by atoms with Crippen molar-refractivity contribution < 1.29 is 27.5 Å². The van der Waals surface area contributed by atoms with Crippen LogP contribution in [0.25, 0.3) is 0 Å². The second kappa shape index (κ2) is 8.03. The maximum atomic E-state index is 12.8. The van der Waals surface area contributed by atoms with E-state index in [0.717, 1.165) is 12.1 Å². The van der Waals surface area contributed by atoms with Crippen molar-refractivity contribution in [3.8, 4) is 0 Å². The van der Waals surface area contributed by atoms with Gasteiger partial charge in [0.2, 0.25) is 5.91 Å². The summed E-state index contributed by atoms with van der Waals surface area (Å²) in [5, 5.41) is 5.02. The van der Waals surface area contributed by atoms with Gasteiger partial charge >= 0.3 is 12.3 Å². The molecule has 5 nitrogen and oxygen atoms in total. The molecule has 1 aromatic rings. The summed E-state index contributed by atoms with van der Waals surface area (Å²) in [5.74, 6) is -0.438. The highest BCUT2D eigenvalue weighted by molar-refractivity contribution is 5.87. The molecule has 0 saturated heterocycles. The van der Waals surface area contributed by atoms with Crippen LogP contribution in [0.1, 0.15) is 31.9 Å². The van der Waals surface area contributed by atoms with Gasteiger partial charge in [-0.05, 0) is 32.4 Å². The van der Waals surface area contributed by atoms with Crippen LogP contribution in [0.5, 0.6) is 0 Å². The van der Waals surface area contributed by atoms with Crippen molar-refractivity contribution >= 4 is 12.0 Å². The minimum Gasteiger partial charge on any atom is -0.450 e. The molecule has 0 aromatic heterocycles. The Bertz CT molecular complexity index is 586. The third kappa shape index (κ3) is 5.43. The molecule has 2 amide bonds. The van der Waals surface area contributed by atoms with Crippen LogP contribution in [-0.4, -0.2) is 31.7 Å². The molecule has 24 heavy (non-hydrogen) atoms. The first-order chi connectivity index (χ1) is 11.1. The first kappa shape index (κ1) is 19.8. The summed E-state index contributed by atoms with van der Waals surface area (Å²) in [6.45, 7) is 5.27. The van der Waals surface area contributed by atoms with Crippen LogP contribution in [0.15, 0.2) is 24.3 Å². The Morgan fingerprint density at radius 2 is 1.67 bits per heavy atom. The number of nitrogens with one attached hydrogen (secondary N) is 2. The molecular weight excluding hydrogens is 325 g/mol. The highest BCUT2D eigenvalue weighted by atomic mass is 19.4. The fraction of sp³-hybridized carbons (Fsp3) is 0.500. The summed E-state index contributed by atoms with van der Waals surface area (Å²) < 4.78 is 43.0. The Balaban J connectivity index is 2.67. The van der Waals surface area contributed by atoms with Gasteiger partial charge in [-0.1, -0.05) is 18.2 Å². The average molecular weight is 346 g/mol. The topological polar surface area (TPSA) is 67.4 Å². The maximum Gasteiger partial charge on any atom is 0.416 e. The molecule has 8 heteroatoms. The van der Waals surface area contributed by atoms with Gasteiger partial charge in [0.1, 0.15) is 0 Å². The number of halogens is 3. The van der Waals surface area contributed by atoms with Crippen LogP contribution in [0, 0.1) is 0 Å².